The fourth-order valence-electron chi connectivity index (χ4n) is 2.93. The van der Waals surface area contributed by atoms with Crippen molar-refractivity contribution in [3.63, 3.8) is 0 Å². The molecule has 0 aliphatic rings. The van der Waals surface area contributed by atoms with Gasteiger partial charge in [0.1, 0.15) is 17.5 Å². The first kappa shape index (κ1) is 22.9. The number of carbonyl (C=O) groups excluding carboxylic acids is 1. The smallest absolute Gasteiger partial charge is 0.269 e. The first-order valence-electron chi connectivity index (χ1n) is 9.78. The van der Waals surface area contributed by atoms with Gasteiger partial charge in [-0.25, -0.2) is 19.6 Å². The standard InChI is InChI=1S/C21H18Cl2N6O4/c22-13-5-6-18(24-9-13)28-20(31)17(11-32-8-7-30)33-21-14-10-27-29(19(14)25-12-26-21)16-4-2-1-3-15(16)23/h1-6,9-10,12,17,30H,7-8,11H2,(H,24,28,31). The minimum atomic E-state index is -1.10. The molecule has 0 bridgehead atoms. The second kappa shape index (κ2) is 10.5. The lowest BCUT2D eigenvalue weighted by Gasteiger charge is -2.18. The van der Waals surface area contributed by atoms with E-state index in [4.69, 9.17) is 37.8 Å². The van der Waals surface area contributed by atoms with Crippen molar-refractivity contribution in [1.82, 2.24) is 24.7 Å². The van der Waals surface area contributed by atoms with E-state index in [2.05, 4.69) is 25.4 Å². The topological polar surface area (TPSA) is 124 Å². The molecule has 0 saturated heterocycles. The third-order valence-corrected chi connectivity index (χ3v) is 4.98. The van der Waals surface area contributed by atoms with Gasteiger partial charge in [-0.3, -0.25) is 4.79 Å². The summed E-state index contributed by atoms with van der Waals surface area (Å²) in [5.41, 5.74) is 1.08. The van der Waals surface area contributed by atoms with Crippen molar-refractivity contribution in [1.29, 1.82) is 0 Å². The van der Waals surface area contributed by atoms with Crippen molar-refractivity contribution in [3.05, 3.63) is 65.2 Å². The van der Waals surface area contributed by atoms with E-state index in [1.807, 2.05) is 12.1 Å². The molecule has 2 N–H and O–H groups in total. The van der Waals surface area contributed by atoms with E-state index >= 15 is 0 Å². The lowest BCUT2D eigenvalue weighted by molar-refractivity contribution is -0.125. The maximum atomic E-state index is 12.9. The van der Waals surface area contributed by atoms with Crippen LogP contribution in [0.3, 0.4) is 0 Å². The zero-order valence-electron chi connectivity index (χ0n) is 17.1. The number of para-hydroxylation sites is 1. The molecule has 4 aromatic rings. The number of nitrogens with zero attached hydrogens (tertiary/aromatic N) is 5. The van der Waals surface area contributed by atoms with Crippen LogP contribution in [-0.2, 0) is 9.53 Å². The van der Waals surface area contributed by atoms with Crippen LogP contribution in [0.1, 0.15) is 0 Å². The van der Waals surface area contributed by atoms with Crippen LogP contribution < -0.4 is 10.1 Å². The summed E-state index contributed by atoms with van der Waals surface area (Å²) < 4.78 is 12.8. The molecule has 0 saturated carbocycles. The normalized spacial score (nSPS) is 12.0. The summed E-state index contributed by atoms with van der Waals surface area (Å²) in [4.78, 5) is 25.4. The Balaban J connectivity index is 1.61. The van der Waals surface area contributed by atoms with Gasteiger partial charge in [0.25, 0.3) is 5.91 Å². The van der Waals surface area contributed by atoms with Gasteiger partial charge in [0.2, 0.25) is 12.0 Å². The number of aromatic nitrogens is 5. The number of carbonyl (C=O) groups is 1. The molecule has 10 nitrogen and oxygen atoms in total. The van der Waals surface area contributed by atoms with Gasteiger partial charge in [-0.15, -0.1) is 0 Å². The first-order chi connectivity index (χ1) is 16.1. The predicted molar refractivity (Wildman–Crippen MR) is 122 cm³/mol. The van der Waals surface area contributed by atoms with Crippen molar-refractivity contribution in [2.24, 2.45) is 0 Å². The van der Waals surface area contributed by atoms with E-state index in [0.29, 0.717) is 32.6 Å². The van der Waals surface area contributed by atoms with Gasteiger partial charge in [-0.05, 0) is 24.3 Å². The number of aliphatic hydroxyl groups excluding tert-OH is 1. The lowest BCUT2D eigenvalue weighted by Crippen LogP contribution is -2.37. The van der Waals surface area contributed by atoms with E-state index in [9.17, 15) is 4.79 Å². The van der Waals surface area contributed by atoms with Gasteiger partial charge >= 0.3 is 0 Å². The van der Waals surface area contributed by atoms with E-state index in [0.717, 1.165) is 0 Å². The second-order valence-corrected chi connectivity index (χ2v) is 7.52. The van der Waals surface area contributed by atoms with Gasteiger partial charge in [-0.2, -0.15) is 5.10 Å². The molecular weight excluding hydrogens is 471 g/mol. The molecule has 4 rings (SSSR count). The fourth-order valence-corrected chi connectivity index (χ4v) is 3.25. The van der Waals surface area contributed by atoms with E-state index in [1.165, 1.54) is 18.7 Å². The fraction of sp³-hybridized carbons (Fsp3) is 0.190. The molecule has 0 fully saturated rings. The summed E-state index contributed by atoms with van der Waals surface area (Å²) >= 11 is 12.1. The number of nitrogens with one attached hydrogen (secondary N) is 1. The molecular formula is C21H18Cl2N6O4. The summed E-state index contributed by atoms with van der Waals surface area (Å²) in [7, 11) is 0. The van der Waals surface area contributed by atoms with Gasteiger partial charge in [-0.1, -0.05) is 35.3 Å². The number of anilines is 1. The van der Waals surface area contributed by atoms with Crippen molar-refractivity contribution >= 4 is 46.0 Å². The Bertz CT molecular complexity index is 1250. The molecule has 170 valence electrons. The molecule has 0 spiro atoms. The van der Waals surface area contributed by atoms with E-state index < -0.39 is 12.0 Å². The Morgan fingerprint density at radius 1 is 1.12 bits per heavy atom. The Morgan fingerprint density at radius 3 is 2.73 bits per heavy atom. The van der Waals surface area contributed by atoms with Gasteiger partial charge in [0.15, 0.2) is 5.65 Å². The van der Waals surface area contributed by atoms with Crippen LogP contribution in [0.5, 0.6) is 5.88 Å². The summed E-state index contributed by atoms with van der Waals surface area (Å²) in [5, 5.41) is 17.4. The average molecular weight is 489 g/mol. The quantitative estimate of drug-likeness (QED) is 0.344. The molecule has 1 aromatic carbocycles. The Hall–Kier alpha value is -3.31. The summed E-state index contributed by atoms with van der Waals surface area (Å²) in [6, 6.07) is 10.3. The van der Waals surface area contributed by atoms with Crippen LogP contribution in [0, 0.1) is 0 Å². The summed E-state index contributed by atoms with van der Waals surface area (Å²) in [6.45, 7) is -0.296. The highest BCUT2D eigenvalue weighted by molar-refractivity contribution is 6.32. The van der Waals surface area contributed by atoms with Crippen molar-refractivity contribution in [3.8, 4) is 11.6 Å². The molecule has 3 heterocycles. The highest BCUT2D eigenvalue weighted by Gasteiger charge is 2.24. The number of halogens is 2. The van der Waals surface area contributed by atoms with Crippen LogP contribution >= 0.6 is 23.2 Å². The maximum Gasteiger partial charge on any atom is 0.269 e. The van der Waals surface area contributed by atoms with Gasteiger partial charge in [0.05, 0.1) is 41.8 Å². The van der Waals surface area contributed by atoms with Crippen LogP contribution in [-0.4, -0.2) is 61.7 Å². The predicted octanol–water partition coefficient (Wildman–Crippen LogP) is 2.91. The Kier molecular flexibility index (Phi) is 7.30. The summed E-state index contributed by atoms with van der Waals surface area (Å²) in [5.74, 6) is -0.0948. The second-order valence-electron chi connectivity index (χ2n) is 6.68. The maximum absolute atomic E-state index is 12.9. The third kappa shape index (κ3) is 5.37. The number of rotatable bonds is 9. The number of ether oxygens (including phenoxy) is 2. The lowest BCUT2D eigenvalue weighted by atomic mass is 10.3. The average Bonchev–Trinajstić information content (AvgIpc) is 3.25. The minimum Gasteiger partial charge on any atom is -0.461 e. The number of fused-ring (bicyclic) bond motifs is 1. The molecule has 0 radical (unpaired) electrons. The molecule has 1 amide bonds. The van der Waals surface area contributed by atoms with Crippen molar-refractivity contribution < 1.29 is 19.4 Å². The van der Waals surface area contributed by atoms with Crippen LogP contribution in [0.4, 0.5) is 5.82 Å². The largest absolute Gasteiger partial charge is 0.461 e. The zero-order chi connectivity index (χ0) is 23.2. The van der Waals surface area contributed by atoms with Crippen LogP contribution in [0.15, 0.2) is 55.1 Å². The van der Waals surface area contributed by atoms with Crippen molar-refractivity contribution in [2.45, 2.75) is 6.10 Å². The number of benzene rings is 1. The first-order valence-corrected chi connectivity index (χ1v) is 10.5. The Labute approximate surface area is 198 Å². The van der Waals surface area contributed by atoms with Gasteiger partial charge in [0, 0.05) is 6.20 Å². The van der Waals surface area contributed by atoms with Crippen LogP contribution in [0.25, 0.3) is 16.7 Å². The van der Waals surface area contributed by atoms with Crippen LogP contribution in [0.2, 0.25) is 10.0 Å². The number of aliphatic hydroxyl groups is 1. The van der Waals surface area contributed by atoms with Crippen molar-refractivity contribution in [2.75, 3.05) is 25.1 Å². The number of hydrogen-bond acceptors (Lipinski definition) is 8. The molecule has 12 heteroatoms. The zero-order valence-corrected chi connectivity index (χ0v) is 18.6. The molecule has 0 aliphatic carbocycles. The number of amides is 1. The number of pyridine rings is 1. The molecule has 33 heavy (non-hydrogen) atoms. The number of hydrogen-bond donors (Lipinski definition) is 2. The molecule has 0 aliphatic heterocycles. The monoisotopic (exact) mass is 488 g/mol. The minimum absolute atomic E-state index is 0.0377. The van der Waals surface area contributed by atoms with E-state index in [-0.39, 0.29) is 25.7 Å². The van der Waals surface area contributed by atoms with Gasteiger partial charge < -0.3 is 19.9 Å². The molecule has 1 atom stereocenters. The summed E-state index contributed by atoms with van der Waals surface area (Å²) in [6.07, 6.45) is 3.14. The molecule has 3 aromatic heterocycles. The SMILES string of the molecule is O=C(Nc1ccc(Cl)cn1)C(COCCO)Oc1ncnc2c1cnn2-c1ccccc1Cl. The molecule has 1 unspecified atom stereocenters. The highest BCUT2D eigenvalue weighted by Crippen LogP contribution is 2.27. The van der Waals surface area contributed by atoms with E-state index in [1.54, 1.807) is 28.9 Å². The highest BCUT2D eigenvalue weighted by atomic mass is 35.5. The third-order valence-electron chi connectivity index (χ3n) is 4.44. The Morgan fingerprint density at radius 2 is 1.97 bits per heavy atom.